The minimum Gasteiger partial charge on any atom is -0.495 e. The Bertz CT molecular complexity index is 752. The van der Waals surface area contributed by atoms with Gasteiger partial charge in [0, 0.05) is 19.5 Å². The van der Waals surface area contributed by atoms with Crippen LogP contribution in [0.15, 0.2) is 18.2 Å². The van der Waals surface area contributed by atoms with Crippen LogP contribution in [0, 0.1) is 5.92 Å². The quantitative estimate of drug-likeness (QED) is 0.449. The standard InChI is InChI=1S/C16H25N3O5S2/c1-5-8-19(16(25)17-3)15(20)11(2)9-12-6-7-14(24-4)13(10-12)18-26(21,22)23/h6-7,10-11,18H,5,8-9H2,1-4H3,(H,17,25)(H,21,22,23). The summed E-state index contributed by atoms with van der Waals surface area (Å²) in [6.45, 7) is 4.25. The molecule has 10 heteroatoms. The number of hydrogen-bond donors (Lipinski definition) is 3. The number of amides is 1. The highest BCUT2D eigenvalue weighted by Crippen LogP contribution is 2.27. The summed E-state index contributed by atoms with van der Waals surface area (Å²) >= 11 is 5.19. The summed E-state index contributed by atoms with van der Waals surface area (Å²) in [4.78, 5) is 14.2. The van der Waals surface area contributed by atoms with Gasteiger partial charge in [-0.05, 0) is 42.8 Å². The number of methoxy groups -OCH3 is 1. The Morgan fingerprint density at radius 3 is 2.58 bits per heavy atom. The number of ether oxygens (including phenoxy) is 1. The summed E-state index contributed by atoms with van der Waals surface area (Å²) in [7, 11) is -1.38. The molecular weight excluding hydrogens is 378 g/mol. The van der Waals surface area contributed by atoms with Gasteiger partial charge in [-0.3, -0.25) is 19.0 Å². The van der Waals surface area contributed by atoms with E-state index in [4.69, 9.17) is 21.5 Å². The first-order valence-corrected chi connectivity index (χ1v) is 9.93. The molecule has 0 bridgehead atoms. The van der Waals surface area contributed by atoms with Gasteiger partial charge in [-0.15, -0.1) is 0 Å². The van der Waals surface area contributed by atoms with Crippen LogP contribution in [0.3, 0.4) is 0 Å². The molecule has 3 N–H and O–H groups in total. The molecule has 1 amide bonds. The van der Waals surface area contributed by atoms with E-state index in [2.05, 4.69) is 5.32 Å². The number of thiocarbonyl (C=S) groups is 1. The minimum atomic E-state index is -4.44. The van der Waals surface area contributed by atoms with Crippen molar-refractivity contribution >= 4 is 39.2 Å². The predicted molar refractivity (Wildman–Crippen MR) is 105 cm³/mol. The first kappa shape index (κ1) is 22.1. The molecule has 0 aromatic heterocycles. The van der Waals surface area contributed by atoms with Gasteiger partial charge in [0.1, 0.15) is 5.75 Å². The Labute approximate surface area is 159 Å². The van der Waals surface area contributed by atoms with Crippen LogP contribution in [0.1, 0.15) is 25.8 Å². The molecule has 0 heterocycles. The third kappa shape index (κ3) is 6.43. The molecule has 1 atom stereocenters. The summed E-state index contributed by atoms with van der Waals surface area (Å²) in [5, 5.41) is 3.18. The van der Waals surface area contributed by atoms with Crippen LogP contribution in [0.2, 0.25) is 0 Å². The number of anilines is 1. The Hall–Kier alpha value is -1.91. The van der Waals surface area contributed by atoms with Gasteiger partial charge in [-0.25, -0.2) is 0 Å². The molecular formula is C16H25N3O5S2. The zero-order valence-electron chi connectivity index (χ0n) is 15.3. The lowest BCUT2D eigenvalue weighted by Gasteiger charge is -2.25. The maximum absolute atomic E-state index is 12.7. The average Bonchev–Trinajstić information content (AvgIpc) is 2.57. The van der Waals surface area contributed by atoms with Crippen molar-refractivity contribution in [2.24, 2.45) is 5.92 Å². The van der Waals surface area contributed by atoms with Crippen molar-refractivity contribution in [3.8, 4) is 5.75 Å². The van der Waals surface area contributed by atoms with Crippen LogP contribution in [-0.4, -0.2) is 49.6 Å². The Kier molecular flexibility index (Phi) is 8.25. The summed E-state index contributed by atoms with van der Waals surface area (Å²) in [5.74, 6) is -0.236. The van der Waals surface area contributed by atoms with E-state index in [0.717, 1.165) is 6.42 Å². The van der Waals surface area contributed by atoms with Gasteiger partial charge in [-0.2, -0.15) is 8.42 Å². The van der Waals surface area contributed by atoms with E-state index >= 15 is 0 Å². The van der Waals surface area contributed by atoms with E-state index < -0.39 is 10.3 Å². The van der Waals surface area contributed by atoms with E-state index in [1.807, 2.05) is 11.6 Å². The minimum absolute atomic E-state index is 0.100. The van der Waals surface area contributed by atoms with E-state index in [1.54, 1.807) is 26.1 Å². The summed E-state index contributed by atoms with van der Waals surface area (Å²) < 4.78 is 38.2. The van der Waals surface area contributed by atoms with Crippen molar-refractivity contribution in [2.45, 2.75) is 26.7 Å². The molecule has 0 saturated heterocycles. The summed E-state index contributed by atoms with van der Waals surface area (Å²) in [6, 6.07) is 4.83. The van der Waals surface area contributed by atoms with E-state index in [-0.39, 0.29) is 23.3 Å². The molecule has 1 rings (SSSR count). The topological polar surface area (TPSA) is 108 Å². The van der Waals surface area contributed by atoms with E-state index in [9.17, 15) is 13.2 Å². The Morgan fingerprint density at radius 2 is 2.08 bits per heavy atom. The fraction of sp³-hybridized carbons (Fsp3) is 0.500. The van der Waals surface area contributed by atoms with Crippen molar-refractivity contribution < 1.29 is 22.5 Å². The molecule has 0 aliphatic carbocycles. The molecule has 1 unspecified atom stereocenters. The second kappa shape index (κ2) is 9.70. The van der Waals surface area contributed by atoms with Crippen LogP contribution >= 0.6 is 12.2 Å². The molecule has 0 radical (unpaired) electrons. The molecule has 1 aromatic carbocycles. The largest absolute Gasteiger partial charge is 0.495 e. The molecule has 0 aliphatic rings. The zero-order chi connectivity index (χ0) is 19.9. The van der Waals surface area contributed by atoms with Gasteiger partial charge in [-0.1, -0.05) is 19.9 Å². The van der Waals surface area contributed by atoms with Crippen LogP contribution in [0.25, 0.3) is 0 Å². The maximum atomic E-state index is 12.7. The molecule has 0 aliphatic heterocycles. The van der Waals surface area contributed by atoms with Gasteiger partial charge >= 0.3 is 10.3 Å². The molecule has 8 nitrogen and oxygen atoms in total. The van der Waals surface area contributed by atoms with Crippen LogP contribution < -0.4 is 14.8 Å². The monoisotopic (exact) mass is 403 g/mol. The Balaban J connectivity index is 3.01. The Morgan fingerprint density at radius 1 is 1.42 bits per heavy atom. The molecule has 26 heavy (non-hydrogen) atoms. The van der Waals surface area contributed by atoms with Crippen LogP contribution in [0.5, 0.6) is 5.75 Å². The highest BCUT2D eigenvalue weighted by atomic mass is 32.2. The maximum Gasteiger partial charge on any atom is 0.357 e. The second-order valence-electron chi connectivity index (χ2n) is 5.76. The van der Waals surface area contributed by atoms with Crippen molar-refractivity contribution in [1.29, 1.82) is 0 Å². The van der Waals surface area contributed by atoms with Gasteiger partial charge in [0.05, 0.1) is 12.8 Å². The van der Waals surface area contributed by atoms with Crippen LogP contribution in [-0.2, 0) is 21.5 Å². The number of rotatable bonds is 8. The smallest absolute Gasteiger partial charge is 0.357 e. The summed E-state index contributed by atoms with van der Waals surface area (Å²) in [6.07, 6.45) is 1.14. The first-order valence-electron chi connectivity index (χ1n) is 8.08. The second-order valence-corrected chi connectivity index (χ2v) is 7.30. The summed E-state index contributed by atoms with van der Waals surface area (Å²) in [5.41, 5.74) is 0.813. The van der Waals surface area contributed by atoms with Gasteiger partial charge in [0.15, 0.2) is 5.11 Å². The van der Waals surface area contributed by atoms with Gasteiger partial charge in [0.2, 0.25) is 5.91 Å². The fourth-order valence-corrected chi connectivity index (χ4v) is 3.10. The highest BCUT2D eigenvalue weighted by molar-refractivity contribution is 7.87. The lowest BCUT2D eigenvalue weighted by molar-refractivity contribution is -0.131. The van der Waals surface area contributed by atoms with Crippen molar-refractivity contribution in [2.75, 3.05) is 25.4 Å². The normalized spacial score (nSPS) is 12.2. The number of carbonyl (C=O) groups is 1. The molecule has 0 saturated carbocycles. The lowest BCUT2D eigenvalue weighted by Crippen LogP contribution is -2.45. The van der Waals surface area contributed by atoms with Crippen molar-refractivity contribution in [3.63, 3.8) is 0 Å². The predicted octanol–water partition coefficient (Wildman–Crippen LogP) is 1.83. The molecule has 0 fully saturated rings. The van der Waals surface area contributed by atoms with Gasteiger partial charge in [0.25, 0.3) is 0 Å². The third-order valence-electron chi connectivity index (χ3n) is 3.64. The lowest BCUT2D eigenvalue weighted by atomic mass is 9.99. The number of carbonyl (C=O) groups excluding carboxylic acids is 1. The van der Waals surface area contributed by atoms with Crippen molar-refractivity contribution in [1.82, 2.24) is 10.2 Å². The van der Waals surface area contributed by atoms with Gasteiger partial charge < -0.3 is 10.1 Å². The highest BCUT2D eigenvalue weighted by Gasteiger charge is 2.23. The SMILES string of the molecule is CCCN(C(=O)C(C)Cc1ccc(OC)c(NS(=O)(=O)O)c1)C(=S)NC. The first-order chi connectivity index (χ1) is 12.1. The fourth-order valence-electron chi connectivity index (χ4n) is 2.48. The number of hydrogen-bond acceptors (Lipinski definition) is 5. The van der Waals surface area contributed by atoms with Crippen LogP contribution in [0.4, 0.5) is 5.69 Å². The third-order valence-corrected chi connectivity index (χ3v) is 4.54. The number of nitrogens with one attached hydrogen (secondary N) is 2. The van der Waals surface area contributed by atoms with E-state index in [0.29, 0.717) is 23.6 Å². The molecule has 146 valence electrons. The number of benzene rings is 1. The van der Waals surface area contributed by atoms with E-state index in [1.165, 1.54) is 18.1 Å². The zero-order valence-corrected chi connectivity index (χ0v) is 16.9. The molecule has 0 spiro atoms. The number of nitrogens with zero attached hydrogens (tertiary/aromatic N) is 1. The van der Waals surface area contributed by atoms with Crippen molar-refractivity contribution in [3.05, 3.63) is 23.8 Å². The average molecular weight is 404 g/mol. The molecule has 1 aromatic rings.